The SMILES string of the molecule is CC(C)n1cnnc1SCC(=O)NC[C@@H](c1ccco1)N(C)C. The molecular weight excluding hydrogens is 314 g/mol. The van der Waals surface area contributed by atoms with E-state index < -0.39 is 0 Å². The van der Waals surface area contributed by atoms with Crippen LogP contribution >= 0.6 is 11.8 Å². The van der Waals surface area contributed by atoms with Crippen LogP contribution in [0.4, 0.5) is 0 Å². The molecule has 0 aliphatic heterocycles. The molecule has 2 aromatic rings. The van der Waals surface area contributed by atoms with Crippen molar-refractivity contribution in [3.8, 4) is 0 Å². The van der Waals surface area contributed by atoms with E-state index in [0.29, 0.717) is 12.3 Å². The van der Waals surface area contributed by atoms with Crippen molar-refractivity contribution in [2.45, 2.75) is 31.1 Å². The summed E-state index contributed by atoms with van der Waals surface area (Å²) in [5.41, 5.74) is 0. The molecule has 0 saturated carbocycles. The van der Waals surface area contributed by atoms with Crippen LogP contribution < -0.4 is 5.32 Å². The third-order valence-corrected chi connectivity index (χ3v) is 4.37. The number of furan rings is 1. The second-order valence-electron chi connectivity index (χ2n) is 5.70. The number of nitrogens with one attached hydrogen (secondary N) is 1. The van der Waals surface area contributed by atoms with Crippen molar-refractivity contribution in [2.75, 3.05) is 26.4 Å². The number of rotatable bonds is 8. The van der Waals surface area contributed by atoms with E-state index in [1.165, 1.54) is 11.8 Å². The van der Waals surface area contributed by atoms with E-state index in [-0.39, 0.29) is 18.0 Å². The number of carbonyl (C=O) groups excluding carboxylic acids is 1. The number of likely N-dealkylation sites (N-methyl/N-ethyl adjacent to an activating group) is 1. The first-order chi connectivity index (χ1) is 11.0. The normalized spacial score (nSPS) is 12.8. The molecular formula is C15H23N5O2S. The van der Waals surface area contributed by atoms with Gasteiger partial charge >= 0.3 is 0 Å². The van der Waals surface area contributed by atoms with Crippen molar-refractivity contribution in [1.82, 2.24) is 25.0 Å². The monoisotopic (exact) mass is 337 g/mol. The summed E-state index contributed by atoms with van der Waals surface area (Å²) in [6.07, 6.45) is 3.33. The lowest BCUT2D eigenvalue weighted by atomic mass is 10.2. The van der Waals surface area contributed by atoms with Gasteiger partial charge < -0.3 is 14.3 Å². The van der Waals surface area contributed by atoms with Crippen LogP contribution in [0.2, 0.25) is 0 Å². The first-order valence-corrected chi connectivity index (χ1v) is 8.46. The van der Waals surface area contributed by atoms with E-state index in [1.807, 2.05) is 35.7 Å². The lowest BCUT2D eigenvalue weighted by Gasteiger charge is -2.22. The maximum absolute atomic E-state index is 12.1. The molecule has 0 fully saturated rings. The highest BCUT2D eigenvalue weighted by Gasteiger charge is 2.18. The summed E-state index contributed by atoms with van der Waals surface area (Å²) >= 11 is 1.39. The summed E-state index contributed by atoms with van der Waals surface area (Å²) in [6.45, 7) is 4.61. The zero-order valence-electron chi connectivity index (χ0n) is 13.9. The Morgan fingerprint density at radius 3 is 2.87 bits per heavy atom. The molecule has 1 N–H and O–H groups in total. The molecule has 0 aliphatic rings. The fourth-order valence-electron chi connectivity index (χ4n) is 2.10. The third kappa shape index (κ3) is 4.84. The molecule has 0 aliphatic carbocycles. The van der Waals surface area contributed by atoms with E-state index in [2.05, 4.69) is 29.4 Å². The summed E-state index contributed by atoms with van der Waals surface area (Å²) in [4.78, 5) is 14.1. The van der Waals surface area contributed by atoms with E-state index >= 15 is 0 Å². The molecule has 2 rings (SSSR count). The van der Waals surface area contributed by atoms with Gasteiger partial charge in [0.15, 0.2) is 5.16 Å². The van der Waals surface area contributed by atoms with Crippen LogP contribution in [-0.4, -0.2) is 52.0 Å². The Bertz CT molecular complexity index is 609. The zero-order chi connectivity index (χ0) is 16.8. The van der Waals surface area contributed by atoms with Crippen LogP contribution in [0.1, 0.15) is 31.7 Å². The summed E-state index contributed by atoms with van der Waals surface area (Å²) in [6, 6.07) is 4.05. The average Bonchev–Trinajstić information content (AvgIpc) is 3.16. The smallest absolute Gasteiger partial charge is 0.230 e. The molecule has 23 heavy (non-hydrogen) atoms. The van der Waals surface area contributed by atoms with Gasteiger partial charge in [-0.25, -0.2) is 0 Å². The van der Waals surface area contributed by atoms with Gasteiger partial charge in [-0.2, -0.15) is 0 Å². The Morgan fingerprint density at radius 1 is 1.48 bits per heavy atom. The fourth-order valence-corrected chi connectivity index (χ4v) is 2.97. The number of hydrogen-bond donors (Lipinski definition) is 1. The average molecular weight is 337 g/mol. The van der Waals surface area contributed by atoms with Crippen LogP contribution in [0, 0.1) is 0 Å². The van der Waals surface area contributed by atoms with E-state index in [4.69, 9.17) is 4.42 Å². The Hall–Kier alpha value is -1.80. The van der Waals surface area contributed by atoms with Gasteiger partial charge in [0, 0.05) is 12.6 Å². The van der Waals surface area contributed by atoms with Gasteiger partial charge in [-0.1, -0.05) is 11.8 Å². The Balaban J connectivity index is 1.83. The van der Waals surface area contributed by atoms with Crippen molar-refractivity contribution in [3.63, 3.8) is 0 Å². The maximum Gasteiger partial charge on any atom is 0.230 e. The summed E-state index contributed by atoms with van der Waals surface area (Å²) < 4.78 is 7.38. The van der Waals surface area contributed by atoms with E-state index in [1.54, 1.807) is 12.6 Å². The molecule has 8 heteroatoms. The van der Waals surface area contributed by atoms with Gasteiger partial charge in [-0.3, -0.25) is 9.69 Å². The van der Waals surface area contributed by atoms with Crippen LogP contribution in [0.3, 0.4) is 0 Å². The van der Waals surface area contributed by atoms with Gasteiger partial charge in [0.25, 0.3) is 0 Å². The third-order valence-electron chi connectivity index (χ3n) is 3.42. The molecule has 2 aromatic heterocycles. The predicted octanol–water partition coefficient (Wildman–Crippen LogP) is 1.96. The Labute approximate surface area is 140 Å². The van der Waals surface area contributed by atoms with E-state index in [0.717, 1.165) is 10.9 Å². The van der Waals surface area contributed by atoms with E-state index in [9.17, 15) is 4.79 Å². The molecule has 1 atom stereocenters. The number of carbonyl (C=O) groups is 1. The lowest BCUT2D eigenvalue weighted by molar-refractivity contribution is -0.118. The molecule has 0 spiro atoms. The molecule has 0 bridgehead atoms. The lowest BCUT2D eigenvalue weighted by Crippen LogP contribution is -2.35. The van der Waals surface area contributed by atoms with Crippen molar-refractivity contribution >= 4 is 17.7 Å². The fraction of sp³-hybridized carbons (Fsp3) is 0.533. The highest BCUT2D eigenvalue weighted by molar-refractivity contribution is 7.99. The first-order valence-electron chi connectivity index (χ1n) is 7.48. The van der Waals surface area contributed by atoms with Crippen molar-refractivity contribution in [2.24, 2.45) is 0 Å². The zero-order valence-corrected chi connectivity index (χ0v) is 14.7. The first kappa shape index (κ1) is 17.6. The van der Waals surface area contributed by atoms with Crippen LogP contribution in [0.25, 0.3) is 0 Å². The minimum absolute atomic E-state index is 0.0123. The number of thioether (sulfide) groups is 1. The molecule has 0 aromatic carbocycles. The number of amides is 1. The largest absolute Gasteiger partial charge is 0.468 e. The molecule has 7 nitrogen and oxygen atoms in total. The van der Waals surface area contributed by atoms with Crippen molar-refractivity contribution in [1.29, 1.82) is 0 Å². The van der Waals surface area contributed by atoms with Gasteiger partial charge in [0.1, 0.15) is 12.1 Å². The summed E-state index contributed by atoms with van der Waals surface area (Å²) in [5.74, 6) is 1.11. The van der Waals surface area contributed by atoms with Gasteiger partial charge in [0.05, 0.1) is 18.1 Å². The maximum atomic E-state index is 12.1. The number of aromatic nitrogens is 3. The van der Waals surface area contributed by atoms with Crippen molar-refractivity contribution < 1.29 is 9.21 Å². The molecule has 1 amide bonds. The molecule has 0 radical (unpaired) electrons. The quantitative estimate of drug-likeness (QED) is 0.742. The van der Waals surface area contributed by atoms with Crippen molar-refractivity contribution in [3.05, 3.63) is 30.5 Å². The van der Waals surface area contributed by atoms with Crippen LogP contribution in [-0.2, 0) is 4.79 Å². The Morgan fingerprint density at radius 2 is 2.26 bits per heavy atom. The minimum atomic E-state index is -0.0355. The van der Waals surface area contributed by atoms with Crippen LogP contribution in [0.15, 0.2) is 34.3 Å². The molecule has 2 heterocycles. The molecule has 126 valence electrons. The van der Waals surface area contributed by atoms with Gasteiger partial charge in [-0.15, -0.1) is 10.2 Å². The Kier molecular flexibility index (Phi) is 6.23. The second-order valence-corrected chi connectivity index (χ2v) is 6.64. The number of hydrogen-bond acceptors (Lipinski definition) is 6. The second kappa shape index (κ2) is 8.16. The highest BCUT2D eigenvalue weighted by Crippen LogP contribution is 2.19. The van der Waals surface area contributed by atoms with Crippen LogP contribution in [0.5, 0.6) is 0 Å². The molecule has 0 saturated heterocycles. The highest BCUT2D eigenvalue weighted by atomic mass is 32.2. The number of nitrogens with zero attached hydrogens (tertiary/aromatic N) is 4. The topological polar surface area (TPSA) is 76.2 Å². The standard InChI is InChI=1S/C15H23N5O2S/c1-11(2)20-10-17-18-15(20)23-9-14(21)16-8-12(19(3)4)13-6-5-7-22-13/h5-7,10-12H,8-9H2,1-4H3,(H,16,21)/t12-/m0/s1. The van der Waals surface area contributed by atoms with Gasteiger partial charge in [-0.05, 0) is 40.1 Å². The minimum Gasteiger partial charge on any atom is -0.468 e. The predicted molar refractivity (Wildman–Crippen MR) is 89.3 cm³/mol. The molecule has 0 unspecified atom stereocenters. The van der Waals surface area contributed by atoms with Gasteiger partial charge in [0.2, 0.25) is 5.91 Å². The summed E-state index contributed by atoms with van der Waals surface area (Å²) in [5, 5.41) is 11.6. The summed E-state index contributed by atoms with van der Waals surface area (Å²) in [7, 11) is 3.92.